The summed E-state index contributed by atoms with van der Waals surface area (Å²) in [4.78, 5) is 2.10. The minimum atomic E-state index is 0.256. The smallest absolute Gasteiger partial charge is 0.153 e. The zero-order valence-electron chi connectivity index (χ0n) is 7.23. The van der Waals surface area contributed by atoms with Crippen molar-refractivity contribution in [2.45, 2.75) is 12.5 Å². The van der Waals surface area contributed by atoms with Crippen LogP contribution in [0.4, 0.5) is 0 Å². The third kappa shape index (κ3) is 2.35. The number of nitrogens with two attached hydrogens (primary N) is 1. The van der Waals surface area contributed by atoms with E-state index in [0.29, 0.717) is 12.6 Å². The van der Waals surface area contributed by atoms with E-state index < -0.39 is 0 Å². The lowest BCUT2D eigenvalue weighted by molar-refractivity contribution is 0.110. The van der Waals surface area contributed by atoms with Crippen LogP contribution in [0.25, 0.3) is 0 Å². The monoisotopic (exact) mass is 173 g/mol. The van der Waals surface area contributed by atoms with Gasteiger partial charge in [0.2, 0.25) is 0 Å². The van der Waals surface area contributed by atoms with Crippen LogP contribution in [0, 0.1) is 0 Å². The molecule has 0 radical (unpaired) electrons. The first-order chi connectivity index (χ1) is 5.76. The molecule has 1 aliphatic rings. The zero-order chi connectivity index (χ0) is 8.97. The Morgan fingerprint density at radius 3 is 3.08 bits per heavy atom. The van der Waals surface area contributed by atoms with E-state index >= 15 is 0 Å². The van der Waals surface area contributed by atoms with E-state index in [-0.39, 0.29) is 5.84 Å². The molecule has 0 unspecified atom stereocenters. The van der Waals surface area contributed by atoms with Crippen molar-refractivity contribution in [1.29, 1.82) is 0 Å². The summed E-state index contributed by atoms with van der Waals surface area (Å²) in [6.07, 6.45) is 1.33. The Bertz CT molecular complexity index is 172. The van der Waals surface area contributed by atoms with Gasteiger partial charge in [-0.2, -0.15) is 0 Å². The minimum Gasteiger partial charge on any atom is -0.409 e. The van der Waals surface area contributed by atoms with Gasteiger partial charge in [-0.15, -0.1) is 0 Å². The molecule has 70 valence electrons. The van der Waals surface area contributed by atoms with Crippen molar-refractivity contribution in [2.24, 2.45) is 10.9 Å². The maximum Gasteiger partial charge on any atom is 0.153 e. The average Bonchev–Trinajstić information content (AvgIpc) is 2.52. The summed E-state index contributed by atoms with van der Waals surface area (Å²) in [5.74, 6) is 0.256. The van der Waals surface area contributed by atoms with Crippen LogP contribution >= 0.6 is 0 Å². The molecule has 3 N–H and O–H groups in total. The van der Waals surface area contributed by atoms with Crippen molar-refractivity contribution in [2.75, 3.05) is 26.7 Å². The molecule has 5 heteroatoms. The lowest BCUT2D eigenvalue weighted by Crippen LogP contribution is -2.33. The minimum absolute atomic E-state index is 0.256. The third-order valence-electron chi connectivity index (χ3n) is 2.08. The Morgan fingerprint density at radius 2 is 2.58 bits per heavy atom. The third-order valence-corrected chi connectivity index (χ3v) is 2.08. The number of rotatable bonds is 3. The number of hydrogen-bond acceptors (Lipinski definition) is 4. The van der Waals surface area contributed by atoms with Crippen molar-refractivity contribution in [3.05, 3.63) is 0 Å². The molecule has 1 rings (SSSR count). The molecule has 0 spiro atoms. The summed E-state index contributed by atoms with van der Waals surface area (Å²) < 4.78 is 5.17. The summed E-state index contributed by atoms with van der Waals surface area (Å²) >= 11 is 0. The van der Waals surface area contributed by atoms with Gasteiger partial charge in [-0.1, -0.05) is 5.16 Å². The fraction of sp³-hybridized carbons (Fsp3) is 0.857. The van der Waals surface area contributed by atoms with E-state index in [4.69, 9.17) is 15.7 Å². The zero-order valence-corrected chi connectivity index (χ0v) is 7.23. The predicted molar refractivity (Wildman–Crippen MR) is 45.3 cm³/mol. The first-order valence-electron chi connectivity index (χ1n) is 3.97. The van der Waals surface area contributed by atoms with Gasteiger partial charge in [0.25, 0.3) is 0 Å². The standard InChI is InChI=1S/C7H15N3O2/c1-12-6-2-3-10(4-6)5-7(8)9-11/h6,11H,2-5H2,1H3,(H2,8,9)/t6-/m1/s1. The number of ether oxygens (including phenoxy) is 1. The molecule has 1 heterocycles. The highest BCUT2D eigenvalue weighted by atomic mass is 16.5. The molecule has 1 atom stereocenters. The number of likely N-dealkylation sites (tertiary alicyclic amines) is 1. The summed E-state index contributed by atoms with van der Waals surface area (Å²) in [5.41, 5.74) is 5.36. The topological polar surface area (TPSA) is 71.1 Å². The maximum atomic E-state index is 8.32. The second-order valence-corrected chi connectivity index (χ2v) is 2.97. The molecule has 0 amide bonds. The lowest BCUT2D eigenvalue weighted by atomic mass is 10.3. The summed E-state index contributed by atoms with van der Waals surface area (Å²) in [6, 6.07) is 0. The first-order valence-corrected chi connectivity index (χ1v) is 3.97. The molecular weight excluding hydrogens is 158 g/mol. The summed E-state index contributed by atoms with van der Waals surface area (Å²) in [5, 5.41) is 11.2. The molecule has 0 aromatic carbocycles. The van der Waals surface area contributed by atoms with Crippen LogP contribution < -0.4 is 5.73 Å². The number of nitrogens with zero attached hydrogens (tertiary/aromatic N) is 2. The highest BCUT2D eigenvalue weighted by Gasteiger charge is 2.22. The van der Waals surface area contributed by atoms with E-state index in [0.717, 1.165) is 19.5 Å². The first kappa shape index (κ1) is 9.28. The van der Waals surface area contributed by atoms with Crippen LogP contribution in [0.1, 0.15) is 6.42 Å². The molecule has 5 nitrogen and oxygen atoms in total. The Balaban J connectivity index is 2.28. The van der Waals surface area contributed by atoms with Gasteiger partial charge < -0.3 is 15.7 Å². The van der Waals surface area contributed by atoms with E-state index in [1.54, 1.807) is 7.11 Å². The van der Waals surface area contributed by atoms with Crippen LogP contribution in [-0.4, -0.2) is 48.8 Å². The fourth-order valence-electron chi connectivity index (χ4n) is 1.39. The van der Waals surface area contributed by atoms with Gasteiger partial charge in [0.1, 0.15) is 0 Å². The fourth-order valence-corrected chi connectivity index (χ4v) is 1.39. The van der Waals surface area contributed by atoms with E-state index in [1.807, 2.05) is 0 Å². The largest absolute Gasteiger partial charge is 0.409 e. The Morgan fingerprint density at radius 1 is 1.83 bits per heavy atom. The molecule has 0 aromatic heterocycles. The average molecular weight is 173 g/mol. The van der Waals surface area contributed by atoms with Crippen LogP contribution in [0.15, 0.2) is 5.16 Å². The quantitative estimate of drug-likeness (QED) is 0.260. The van der Waals surface area contributed by atoms with Gasteiger partial charge in [0.05, 0.1) is 12.6 Å². The summed E-state index contributed by atoms with van der Waals surface area (Å²) in [7, 11) is 1.71. The van der Waals surface area contributed by atoms with Crippen molar-refractivity contribution in [3.63, 3.8) is 0 Å². The molecule has 1 saturated heterocycles. The maximum absolute atomic E-state index is 8.32. The van der Waals surface area contributed by atoms with E-state index in [9.17, 15) is 0 Å². The van der Waals surface area contributed by atoms with Crippen LogP contribution in [0.2, 0.25) is 0 Å². The Kier molecular flexibility index (Phi) is 3.31. The molecule has 0 bridgehead atoms. The summed E-state index contributed by atoms with van der Waals surface area (Å²) in [6.45, 7) is 2.35. The van der Waals surface area contributed by atoms with Gasteiger partial charge >= 0.3 is 0 Å². The number of hydrogen-bond donors (Lipinski definition) is 2. The van der Waals surface area contributed by atoms with E-state index in [1.165, 1.54) is 0 Å². The SMILES string of the molecule is CO[C@@H]1CCN(C/C(N)=N\O)C1. The molecule has 1 aliphatic heterocycles. The predicted octanol–water partition coefficient (Wildman–Crippen LogP) is -0.546. The van der Waals surface area contributed by atoms with Crippen LogP contribution in [0.5, 0.6) is 0 Å². The second kappa shape index (κ2) is 4.27. The molecule has 1 fully saturated rings. The lowest BCUT2D eigenvalue weighted by Gasteiger charge is -2.13. The highest BCUT2D eigenvalue weighted by molar-refractivity contribution is 5.81. The number of methoxy groups -OCH3 is 1. The van der Waals surface area contributed by atoms with Crippen molar-refractivity contribution in [3.8, 4) is 0 Å². The second-order valence-electron chi connectivity index (χ2n) is 2.97. The molecule has 0 aliphatic carbocycles. The number of oxime groups is 1. The van der Waals surface area contributed by atoms with Crippen molar-refractivity contribution >= 4 is 5.84 Å². The highest BCUT2D eigenvalue weighted by Crippen LogP contribution is 2.10. The molecule has 12 heavy (non-hydrogen) atoms. The van der Waals surface area contributed by atoms with E-state index in [2.05, 4.69) is 10.1 Å². The molecular formula is C7H15N3O2. The van der Waals surface area contributed by atoms with Gasteiger partial charge in [-0.05, 0) is 6.42 Å². The van der Waals surface area contributed by atoms with Crippen molar-refractivity contribution < 1.29 is 9.94 Å². The van der Waals surface area contributed by atoms with Crippen LogP contribution in [0.3, 0.4) is 0 Å². The van der Waals surface area contributed by atoms with Gasteiger partial charge in [-0.25, -0.2) is 0 Å². The molecule has 0 saturated carbocycles. The van der Waals surface area contributed by atoms with Gasteiger partial charge in [0.15, 0.2) is 5.84 Å². The molecule has 0 aromatic rings. The van der Waals surface area contributed by atoms with Crippen LogP contribution in [-0.2, 0) is 4.74 Å². The number of amidine groups is 1. The van der Waals surface area contributed by atoms with Gasteiger partial charge in [-0.3, -0.25) is 4.90 Å². The van der Waals surface area contributed by atoms with Crippen molar-refractivity contribution in [1.82, 2.24) is 4.90 Å². The Labute approximate surface area is 71.8 Å². The normalized spacial score (nSPS) is 26.4. The van der Waals surface area contributed by atoms with Gasteiger partial charge in [0, 0.05) is 20.2 Å². The Hall–Kier alpha value is -0.810.